The highest BCUT2D eigenvalue weighted by molar-refractivity contribution is 5.64. The van der Waals surface area contributed by atoms with Gasteiger partial charge in [-0.25, -0.2) is 4.39 Å². The molecule has 3 rings (SSSR count). The highest BCUT2D eigenvalue weighted by atomic mass is 19.1. The van der Waals surface area contributed by atoms with Crippen molar-refractivity contribution in [2.24, 2.45) is 11.8 Å². The van der Waals surface area contributed by atoms with Gasteiger partial charge in [0.05, 0.1) is 0 Å². The smallest absolute Gasteiger partial charge is 0.131 e. The highest BCUT2D eigenvalue weighted by Gasteiger charge is 2.18. The number of hydrogen-bond acceptors (Lipinski definition) is 0. The van der Waals surface area contributed by atoms with Crippen molar-refractivity contribution in [3.05, 3.63) is 59.4 Å². The van der Waals surface area contributed by atoms with Crippen molar-refractivity contribution in [3.8, 4) is 11.1 Å². The standard InChI is InChI=1S/C22H27F/c1-16-3-7-18(8-4-16)9-10-19-11-14-21(22(23)15-19)20-12-5-17(2)6-13-20/h5-6,11-16,18H,3-4,7-10H2,1-2H3. The molecule has 0 aromatic heterocycles. The predicted octanol–water partition coefficient (Wildman–Crippen LogP) is 6.56. The van der Waals surface area contributed by atoms with Crippen LogP contribution in [0, 0.1) is 24.6 Å². The van der Waals surface area contributed by atoms with Crippen LogP contribution in [0.5, 0.6) is 0 Å². The monoisotopic (exact) mass is 310 g/mol. The van der Waals surface area contributed by atoms with E-state index in [1.807, 2.05) is 30.3 Å². The Balaban J connectivity index is 1.64. The zero-order chi connectivity index (χ0) is 16.2. The van der Waals surface area contributed by atoms with E-state index in [0.717, 1.165) is 29.4 Å². The average molecular weight is 310 g/mol. The molecule has 0 bridgehead atoms. The van der Waals surface area contributed by atoms with Gasteiger partial charge < -0.3 is 0 Å². The Labute approximate surface area is 139 Å². The fourth-order valence-electron chi connectivity index (χ4n) is 3.67. The zero-order valence-electron chi connectivity index (χ0n) is 14.3. The molecule has 1 aliphatic rings. The summed E-state index contributed by atoms with van der Waals surface area (Å²) in [6.45, 7) is 4.41. The number of halogens is 1. The van der Waals surface area contributed by atoms with Gasteiger partial charge in [-0.1, -0.05) is 74.6 Å². The van der Waals surface area contributed by atoms with E-state index in [-0.39, 0.29) is 5.82 Å². The first-order chi connectivity index (χ1) is 11.1. The van der Waals surface area contributed by atoms with Crippen molar-refractivity contribution >= 4 is 0 Å². The molecule has 1 aliphatic carbocycles. The molecule has 1 fully saturated rings. The summed E-state index contributed by atoms with van der Waals surface area (Å²) in [5.41, 5.74) is 4.01. The van der Waals surface area contributed by atoms with Gasteiger partial charge in [0.15, 0.2) is 0 Å². The number of benzene rings is 2. The molecule has 1 saturated carbocycles. The van der Waals surface area contributed by atoms with Crippen LogP contribution in [0.15, 0.2) is 42.5 Å². The fourth-order valence-corrected chi connectivity index (χ4v) is 3.67. The van der Waals surface area contributed by atoms with E-state index in [4.69, 9.17) is 0 Å². The van der Waals surface area contributed by atoms with Gasteiger partial charge in [-0.15, -0.1) is 0 Å². The molecule has 2 aromatic carbocycles. The summed E-state index contributed by atoms with van der Waals surface area (Å²) < 4.78 is 14.5. The molecule has 0 saturated heterocycles. The summed E-state index contributed by atoms with van der Waals surface area (Å²) in [5.74, 6) is 1.65. The SMILES string of the molecule is Cc1ccc(-c2ccc(CCC3CCC(C)CC3)cc2F)cc1. The van der Waals surface area contributed by atoms with Crippen LogP contribution in [-0.4, -0.2) is 0 Å². The molecule has 23 heavy (non-hydrogen) atoms. The van der Waals surface area contributed by atoms with Crippen molar-refractivity contribution in [2.75, 3.05) is 0 Å². The number of rotatable bonds is 4. The van der Waals surface area contributed by atoms with Gasteiger partial charge in [0.25, 0.3) is 0 Å². The molecule has 2 aromatic rings. The quantitative estimate of drug-likeness (QED) is 0.600. The Morgan fingerprint density at radius 3 is 2.30 bits per heavy atom. The number of aryl methyl sites for hydroxylation is 2. The summed E-state index contributed by atoms with van der Waals surface area (Å²) in [6, 6.07) is 13.8. The molecule has 0 radical (unpaired) electrons. The molecule has 0 spiro atoms. The van der Waals surface area contributed by atoms with Crippen LogP contribution in [0.2, 0.25) is 0 Å². The molecular formula is C22H27F. The normalized spacial score (nSPS) is 21.3. The molecule has 0 aliphatic heterocycles. The van der Waals surface area contributed by atoms with Gasteiger partial charge in [0, 0.05) is 5.56 Å². The van der Waals surface area contributed by atoms with Crippen LogP contribution < -0.4 is 0 Å². The zero-order valence-corrected chi connectivity index (χ0v) is 14.3. The molecule has 0 heterocycles. The van der Waals surface area contributed by atoms with Crippen molar-refractivity contribution < 1.29 is 4.39 Å². The third-order valence-electron chi connectivity index (χ3n) is 5.37. The highest BCUT2D eigenvalue weighted by Crippen LogP contribution is 2.31. The van der Waals surface area contributed by atoms with E-state index < -0.39 is 0 Å². The average Bonchev–Trinajstić information content (AvgIpc) is 2.55. The molecule has 0 atom stereocenters. The molecule has 0 amide bonds. The van der Waals surface area contributed by atoms with Crippen LogP contribution in [0.25, 0.3) is 11.1 Å². The second-order valence-corrected chi connectivity index (χ2v) is 7.34. The second-order valence-electron chi connectivity index (χ2n) is 7.34. The van der Waals surface area contributed by atoms with E-state index in [2.05, 4.69) is 19.9 Å². The van der Waals surface area contributed by atoms with Crippen LogP contribution in [0.4, 0.5) is 4.39 Å². The summed E-state index contributed by atoms with van der Waals surface area (Å²) in [7, 11) is 0. The van der Waals surface area contributed by atoms with E-state index >= 15 is 0 Å². The maximum Gasteiger partial charge on any atom is 0.131 e. The first-order valence-electron chi connectivity index (χ1n) is 8.97. The lowest BCUT2D eigenvalue weighted by Gasteiger charge is -2.26. The van der Waals surface area contributed by atoms with Gasteiger partial charge in [-0.05, 0) is 48.8 Å². The summed E-state index contributed by atoms with van der Waals surface area (Å²) >= 11 is 0. The Morgan fingerprint density at radius 2 is 1.65 bits per heavy atom. The van der Waals surface area contributed by atoms with Gasteiger partial charge in [-0.3, -0.25) is 0 Å². The fraction of sp³-hybridized carbons (Fsp3) is 0.455. The van der Waals surface area contributed by atoms with Gasteiger partial charge in [0.2, 0.25) is 0 Å². The largest absolute Gasteiger partial charge is 0.206 e. The molecule has 0 nitrogen and oxygen atoms in total. The summed E-state index contributed by atoms with van der Waals surface area (Å²) in [6.07, 6.45) is 7.65. The van der Waals surface area contributed by atoms with Gasteiger partial charge >= 0.3 is 0 Å². The Kier molecular flexibility index (Phi) is 5.15. The van der Waals surface area contributed by atoms with Crippen LogP contribution in [0.1, 0.15) is 50.2 Å². The lowest BCUT2D eigenvalue weighted by atomic mass is 9.80. The van der Waals surface area contributed by atoms with Gasteiger partial charge in [-0.2, -0.15) is 0 Å². The predicted molar refractivity (Wildman–Crippen MR) is 96.0 cm³/mol. The van der Waals surface area contributed by atoms with Crippen molar-refractivity contribution in [1.82, 2.24) is 0 Å². The third-order valence-corrected chi connectivity index (χ3v) is 5.37. The van der Waals surface area contributed by atoms with E-state index in [1.165, 1.54) is 37.7 Å². The second kappa shape index (κ2) is 7.29. The van der Waals surface area contributed by atoms with Crippen LogP contribution >= 0.6 is 0 Å². The lowest BCUT2D eigenvalue weighted by Crippen LogP contribution is -2.12. The topological polar surface area (TPSA) is 0 Å². The summed E-state index contributed by atoms with van der Waals surface area (Å²) in [5, 5.41) is 0. The minimum atomic E-state index is -0.0939. The first-order valence-corrected chi connectivity index (χ1v) is 8.97. The molecular weight excluding hydrogens is 283 g/mol. The Bertz CT molecular complexity index is 634. The maximum absolute atomic E-state index is 14.5. The van der Waals surface area contributed by atoms with E-state index in [9.17, 15) is 4.39 Å². The Hall–Kier alpha value is -1.63. The van der Waals surface area contributed by atoms with E-state index in [0.29, 0.717) is 5.56 Å². The maximum atomic E-state index is 14.5. The third kappa shape index (κ3) is 4.22. The Morgan fingerprint density at radius 1 is 0.957 bits per heavy atom. The van der Waals surface area contributed by atoms with Crippen molar-refractivity contribution in [3.63, 3.8) is 0 Å². The minimum absolute atomic E-state index is 0.0939. The number of hydrogen-bond donors (Lipinski definition) is 0. The van der Waals surface area contributed by atoms with Crippen LogP contribution in [-0.2, 0) is 6.42 Å². The van der Waals surface area contributed by atoms with Crippen molar-refractivity contribution in [1.29, 1.82) is 0 Å². The molecule has 1 heteroatoms. The molecule has 122 valence electrons. The van der Waals surface area contributed by atoms with E-state index in [1.54, 1.807) is 6.07 Å². The van der Waals surface area contributed by atoms with Gasteiger partial charge in [0.1, 0.15) is 5.82 Å². The molecule has 0 unspecified atom stereocenters. The lowest BCUT2D eigenvalue weighted by molar-refractivity contribution is 0.277. The van der Waals surface area contributed by atoms with Crippen molar-refractivity contribution in [2.45, 2.75) is 52.4 Å². The molecule has 0 N–H and O–H groups in total. The summed E-state index contributed by atoms with van der Waals surface area (Å²) in [4.78, 5) is 0. The minimum Gasteiger partial charge on any atom is -0.206 e. The first kappa shape index (κ1) is 16.2. The van der Waals surface area contributed by atoms with Crippen LogP contribution in [0.3, 0.4) is 0 Å².